The summed E-state index contributed by atoms with van der Waals surface area (Å²) < 4.78 is 0. The summed E-state index contributed by atoms with van der Waals surface area (Å²) in [5.74, 6) is 3.12. The summed E-state index contributed by atoms with van der Waals surface area (Å²) in [5, 5.41) is 11.7. The Labute approximate surface area is 165 Å². The van der Waals surface area contributed by atoms with E-state index in [9.17, 15) is 0 Å². The highest BCUT2D eigenvalue weighted by Crippen LogP contribution is 2.35. The Hall–Kier alpha value is -2.67. The van der Waals surface area contributed by atoms with Gasteiger partial charge in [-0.2, -0.15) is 10.1 Å². The molecule has 4 heterocycles. The molecule has 2 atom stereocenters. The molecular formula is C21H27N7. The number of anilines is 3. The molecule has 2 aliphatic rings. The van der Waals surface area contributed by atoms with E-state index in [2.05, 4.69) is 51.3 Å². The van der Waals surface area contributed by atoms with Crippen LogP contribution in [0, 0.1) is 12.8 Å². The Bertz CT molecular complexity index is 995. The molecule has 0 saturated carbocycles. The fourth-order valence-electron chi connectivity index (χ4n) is 4.58. The molecule has 0 radical (unpaired) electrons. The van der Waals surface area contributed by atoms with Crippen LogP contribution in [0.25, 0.3) is 10.9 Å². The summed E-state index contributed by atoms with van der Waals surface area (Å²) in [4.78, 5) is 14.9. The first kappa shape index (κ1) is 17.4. The zero-order valence-electron chi connectivity index (χ0n) is 16.7. The molecule has 2 bridgehead atoms. The highest BCUT2D eigenvalue weighted by atomic mass is 15.4. The van der Waals surface area contributed by atoms with Gasteiger partial charge in [-0.3, -0.25) is 10.00 Å². The smallest absolute Gasteiger partial charge is 0.228 e. The normalized spacial score (nSPS) is 21.9. The van der Waals surface area contributed by atoms with Crippen LogP contribution in [0.4, 0.5) is 17.6 Å². The number of aromatic nitrogens is 4. The van der Waals surface area contributed by atoms with Crippen molar-refractivity contribution in [2.75, 3.05) is 29.9 Å². The molecule has 0 spiro atoms. The van der Waals surface area contributed by atoms with Crippen molar-refractivity contribution in [1.29, 1.82) is 0 Å². The molecule has 0 aliphatic carbocycles. The molecule has 2 N–H and O–H groups in total. The third kappa shape index (κ3) is 3.09. The van der Waals surface area contributed by atoms with Crippen LogP contribution in [0.1, 0.15) is 26.0 Å². The maximum Gasteiger partial charge on any atom is 0.228 e. The van der Waals surface area contributed by atoms with Gasteiger partial charge < -0.3 is 10.2 Å². The standard InChI is InChI=1S/C21H27N7/c1-13(2)10-27-11-16-9-15(27)12-28(16)21-22-18-7-5-4-6-17(18)20(24-21)23-19-8-14(3)25-26-19/h4-8,13,15-16H,9-12H2,1-3H3,(H2,22,23,24,25,26). The van der Waals surface area contributed by atoms with Crippen LogP contribution in [0.5, 0.6) is 0 Å². The van der Waals surface area contributed by atoms with Gasteiger partial charge in [0.1, 0.15) is 5.82 Å². The number of piperazine rings is 1. The molecule has 2 saturated heterocycles. The molecule has 7 heteroatoms. The van der Waals surface area contributed by atoms with E-state index < -0.39 is 0 Å². The Morgan fingerprint density at radius 3 is 2.75 bits per heavy atom. The monoisotopic (exact) mass is 377 g/mol. The molecule has 0 amide bonds. The SMILES string of the molecule is Cc1cc(Nc2nc(N3CC4CC3CN4CC(C)C)nc3ccccc23)n[nH]1. The van der Waals surface area contributed by atoms with Crippen LogP contribution in [0.15, 0.2) is 30.3 Å². The van der Waals surface area contributed by atoms with E-state index >= 15 is 0 Å². The number of nitrogens with zero attached hydrogens (tertiary/aromatic N) is 5. The van der Waals surface area contributed by atoms with Crippen molar-refractivity contribution < 1.29 is 0 Å². The predicted octanol–water partition coefficient (Wildman–Crippen LogP) is 3.32. The number of para-hydroxylation sites is 1. The van der Waals surface area contributed by atoms with Crippen molar-refractivity contribution in [2.45, 2.75) is 39.3 Å². The van der Waals surface area contributed by atoms with Gasteiger partial charge in [0, 0.05) is 48.9 Å². The summed E-state index contributed by atoms with van der Waals surface area (Å²) in [7, 11) is 0. The Kier molecular flexibility index (Phi) is 4.19. The highest BCUT2D eigenvalue weighted by molar-refractivity contribution is 5.91. The summed E-state index contributed by atoms with van der Waals surface area (Å²) in [5.41, 5.74) is 1.98. The van der Waals surface area contributed by atoms with Gasteiger partial charge >= 0.3 is 0 Å². The first-order chi connectivity index (χ1) is 13.6. The van der Waals surface area contributed by atoms with Crippen LogP contribution >= 0.6 is 0 Å². The Morgan fingerprint density at radius 1 is 1.18 bits per heavy atom. The molecule has 5 rings (SSSR count). The van der Waals surface area contributed by atoms with Crippen molar-refractivity contribution in [2.24, 2.45) is 5.92 Å². The molecule has 2 fully saturated rings. The molecule has 146 valence electrons. The minimum absolute atomic E-state index is 0.505. The number of likely N-dealkylation sites (tertiary alicyclic amines) is 1. The van der Waals surface area contributed by atoms with Crippen molar-refractivity contribution in [1.82, 2.24) is 25.1 Å². The van der Waals surface area contributed by atoms with Crippen LogP contribution in [-0.2, 0) is 0 Å². The molecule has 2 aromatic heterocycles. The van der Waals surface area contributed by atoms with Gasteiger partial charge in [-0.15, -0.1) is 0 Å². The zero-order valence-corrected chi connectivity index (χ0v) is 16.7. The highest BCUT2D eigenvalue weighted by Gasteiger charge is 2.44. The number of hydrogen-bond acceptors (Lipinski definition) is 6. The van der Waals surface area contributed by atoms with Crippen LogP contribution in [0.2, 0.25) is 0 Å². The van der Waals surface area contributed by atoms with Gasteiger partial charge in [-0.25, -0.2) is 4.98 Å². The third-order valence-electron chi connectivity index (χ3n) is 5.75. The Balaban J connectivity index is 1.46. The second-order valence-corrected chi connectivity index (χ2v) is 8.49. The van der Waals surface area contributed by atoms with Gasteiger partial charge in [0.15, 0.2) is 5.82 Å². The molecule has 28 heavy (non-hydrogen) atoms. The lowest BCUT2D eigenvalue weighted by molar-refractivity contribution is 0.213. The summed E-state index contributed by atoms with van der Waals surface area (Å²) >= 11 is 0. The summed E-state index contributed by atoms with van der Waals surface area (Å²) in [6.45, 7) is 9.89. The van der Waals surface area contributed by atoms with E-state index in [1.807, 2.05) is 25.1 Å². The second-order valence-electron chi connectivity index (χ2n) is 8.49. The molecule has 1 aromatic carbocycles. The van der Waals surface area contributed by atoms with E-state index in [4.69, 9.17) is 9.97 Å². The van der Waals surface area contributed by atoms with Gasteiger partial charge in [0.2, 0.25) is 5.95 Å². The van der Waals surface area contributed by atoms with Gasteiger partial charge in [-0.05, 0) is 31.4 Å². The van der Waals surface area contributed by atoms with Crippen molar-refractivity contribution in [3.05, 3.63) is 36.0 Å². The molecule has 3 aromatic rings. The van der Waals surface area contributed by atoms with Crippen LogP contribution in [0.3, 0.4) is 0 Å². The molecule has 7 nitrogen and oxygen atoms in total. The van der Waals surface area contributed by atoms with E-state index in [-0.39, 0.29) is 0 Å². The third-order valence-corrected chi connectivity index (χ3v) is 5.75. The average Bonchev–Trinajstić information content (AvgIpc) is 3.37. The lowest BCUT2D eigenvalue weighted by atomic mass is 10.2. The summed E-state index contributed by atoms with van der Waals surface area (Å²) in [6, 6.07) is 11.3. The van der Waals surface area contributed by atoms with Crippen LogP contribution < -0.4 is 10.2 Å². The largest absolute Gasteiger partial charge is 0.335 e. The number of aryl methyl sites for hydroxylation is 1. The van der Waals surface area contributed by atoms with Crippen molar-refractivity contribution in [3.8, 4) is 0 Å². The van der Waals surface area contributed by atoms with Gasteiger partial charge in [-0.1, -0.05) is 26.0 Å². The molecule has 2 unspecified atom stereocenters. The van der Waals surface area contributed by atoms with E-state index in [1.54, 1.807) is 0 Å². The molecule has 2 aliphatic heterocycles. The maximum atomic E-state index is 4.92. The van der Waals surface area contributed by atoms with E-state index in [0.29, 0.717) is 18.0 Å². The maximum absolute atomic E-state index is 4.92. The van der Waals surface area contributed by atoms with E-state index in [1.165, 1.54) is 13.0 Å². The molecular weight excluding hydrogens is 350 g/mol. The minimum atomic E-state index is 0.505. The zero-order chi connectivity index (χ0) is 19.3. The number of aromatic amines is 1. The topological polar surface area (TPSA) is 73.0 Å². The number of H-pyrrole nitrogens is 1. The van der Waals surface area contributed by atoms with Crippen molar-refractivity contribution >= 4 is 28.5 Å². The minimum Gasteiger partial charge on any atom is -0.335 e. The fourth-order valence-corrected chi connectivity index (χ4v) is 4.58. The quantitative estimate of drug-likeness (QED) is 0.711. The van der Waals surface area contributed by atoms with E-state index in [0.717, 1.165) is 47.3 Å². The first-order valence-electron chi connectivity index (χ1n) is 10.1. The fraction of sp³-hybridized carbons (Fsp3) is 0.476. The number of hydrogen-bond donors (Lipinski definition) is 2. The average molecular weight is 377 g/mol. The number of fused-ring (bicyclic) bond motifs is 3. The van der Waals surface area contributed by atoms with Gasteiger partial charge in [0.25, 0.3) is 0 Å². The van der Waals surface area contributed by atoms with Gasteiger partial charge in [0.05, 0.1) is 5.52 Å². The Morgan fingerprint density at radius 2 is 2.04 bits per heavy atom. The summed E-state index contributed by atoms with van der Waals surface area (Å²) in [6.07, 6.45) is 1.21. The lowest BCUT2D eigenvalue weighted by Gasteiger charge is -2.35. The van der Waals surface area contributed by atoms with Crippen molar-refractivity contribution in [3.63, 3.8) is 0 Å². The lowest BCUT2D eigenvalue weighted by Crippen LogP contribution is -2.48. The number of rotatable bonds is 5. The first-order valence-corrected chi connectivity index (χ1v) is 10.1. The second kappa shape index (κ2) is 6.74. The predicted molar refractivity (Wildman–Crippen MR) is 112 cm³/mol. The number of benzene rings is 1. The number of nitrogens with one attached hydrogen (secondary N) is 2. The van der Waals surface area contributed by atoms with Crippen LogP contribution in [-0.4, -0.2) is 56.8 Å².